The van der Waals surface area contributed by atoms with Crippen molar-refractivity contribution in [2.24, 2.45) is 5.41 Å². The van der Waals surface area contributed by atoms with Crippen LogP contribution in [0.3, 0.4) is 0 Å². The van der Waals surface area contributed by atoms with Crippen molar-refractivity contribution in [1.82, 2.24) is 19.7 Å². The van der Waals surface area contributed by atoms with Crippen molar-refractivity contribution in [3.05, 3.63) is 30.1 Å². The van der Waals surface area contributed by atoms with Crippen molar-refractivity contribution in [3.8, 4) is 0 Å². The van der Waals surface area contributed by atoms with Crippen LogP contribution in [0.5, 0.6) is 0 Å². The average molecular weight is 375 g/mol. The summed E-state index contributed by atoms with van der Waals surface area (Å²) in [4.78, 5) is 12.5. The number of likely N-dealkylation sites (N-methyl/N-ethyl adjacent to an activating group) is 1. The Morgan fingerprint density at radius 1 is 1.22 bits per heavy atom. The molecule has 1 atom stereocenters. The van der Waals surface area contributed by atoms with E-state index in [0.29, 0.717) is 6.04 Å². The van der Waals surface area contributed by atoms with Gasteiger partial charge in [-0.2, -0.15) is 0 Å². The maximum absolute atomic E-state index is 5.52. The fourth-order valence-corrected chi connectivity index (χ4v) is 4.74. The molecule has 0 bridgehead atoms. The molecule has 2 fully saturated rings. The zero-order chi connectivity index (χ0) is 19.1. The van der Waals surface area contributed by atoms with Crippen molar-refractivity contribution in [3.63, 3.8) is 0 Å². The molecule has 0 amide bonds. The van der Waals surface area contributed by atoms with Gasteiger partial charge in [-0.25, -0.2) is 0 Å². The molecule has 3 heterocycles. The van der Waals surface area contributed by atoms with E-state index in [9.17, 15) is 0 Å². The molecule has 1 aromatic heterocycles. The molecule has 2 aliphatic rings. The average Bonchev–Trinajstić information content (AvgIpc) is 3.09. The fraction of sp³-hybridized carbons (Fsp3) is 0.773. The molecule has 27 heavy (non-hydrogen) atoms. The van der Waals surface area contributed by atoms with Gasteiger partial charge in [0.1, 0.15) is 0 Å². The zero-order valence-electron chi connectivity index (χ0n) is 17.6. The maximum atomic E-state index is 5.52. The molecule has 2 aliphatic heterocycles. The number of hydrogen-bond donors (Lipinski definition) is 0. The molecule has 1 unspecified atom stereocenters. The largest absolute Gasteiger partial charge is 0.379 e. The van der Waals surface area contributed by atoms with Crippen LogP contribution in [0.2, 0.25) is 0 Å². The Hall–Kier alpha value is -1.01. The molecule has 0 radical (unpaired) electrons. The van der Waals surface area contributed by atoms with Crippen molar-refractivity contribution in [2.75, 3.05) is 59.0 Å². The number of rotatable bonds is 9. The first-order chi connectivity index (χ1) is 13.1. The predicted octanol–water partition coefficient (Wildman–Crippen LogP) is 2.73. The van der Waals surface area contributed by atoms with Crippen LogP contribution in [0.15, 0.2) is 24.4 Å². The monoisotopic (exact) mass is 374 g/mol. The lowest BCUT2D eigenvalue weighted by molar-refractivity contribution is 0.0128. The summed E-state index contributed by atoms with van der Waals surface area (Å²) in [7, 11) is 0. The van der Waals surface area contributed by atoms with Crippen LogP contribution in [0.4, 0.5) is 0 Å². The Morgan fingerprint density at radius 2 is 2.04 bits per heavy atom. The summed E-state index contributed by atoms with van der Waals surface area (Å²) in [6.07, 6.45) is 4.59. The highest BCUT2D eigenvalue weighted by Gasteiger charge is 2.30. The first-order valence-electron chi connectivity index (χ1n) is 10.7. The maximum Gasteiger partial charge on any atom is 0.0594 e. The summed E-state index contributed by atoms with van der Waals surface area (Å²) in [6, 6.07) is 6.96. The van der Waals surface area contributed by atoms with Gasteiger partial charge in [-0.05, 0) is 43.5 Å². The van der Waals surface area contributed by atoms with Gasteiger partial charge < -0.3 is 4.74 Å². The summed E-state index contributed by atoms with van der Waals surface area (Å²) in [5.74, 6) is 0. The van der Waals surface area contributed by atoms with Crippen LogP contribution in [0, 0.1) is 5.41 Å². The third-order valence-corrected chi connectivity index (χ3v) is 5.89. The molecule has 0 aromatic carbocycles. The molecule has 0 spiro atoms. The molecule has 5 heteroatoms. The van der Waals surface area contributed by atoms with E-state index < -0.39 is 0 Å². The highest BCUT2D eigenvalue weighted by Crippen LogP contribution is 2.24. The van der Waals surface area contributed by atoms with Crippen LogP contribution in [-0.4, -0.2) is 84.8 Å². The lowest BCUT2D eigenvalue weighted by Gasteiger charge is -2.39. The molecule has 1 aromatic rings. The van der Waals surface area contributed by atoms with Crippen molar-refractivity contribution >= 4 is 0 Å². The normalized spacial score (nSPS) is 22.6. The summed E-state index contributed by atoms with van der Waals surface area (Å²) < 4.78 is 5.52. The van der Waals surface area contributed by atoms with Gasteiger partial charge in [-0.15, -0.1) is 0 Å². The summed E-state index contributed by atoms with van der Waals surface area (Å²) in [5.41, 5.74) is 1.43. The molecule has 152 valence electrons. The van der Waals surface area contributed by atoms with E-state index in [4.69, 9.17) is 4.74 Å². The molecule has 5 nitrogen and oxygen atoms in total. The number of aromatic nitrogens is 1. The number of hydrogen-bond acceptors (Lipinski definition) is 5. The molecule has 0 aliphatic carbocycles. The van der Waals surface area contributed by atoms with E-state index in [1.54, 1.807) is 0 Å². The lowest BCUT2D eigenvalue weighted by Crippen LogP contribution is -2.48. The van der Waals surface area contributed by atoms with Crippen molar-refractivity contribution in [1.29, 1.82) is 0 Å². The Morgan fingerprint density at radius 3 is 2.74 bits per heavy atom. The first-order valence-corrected chi connectivity index (χ1v) is 10.7. The number of pyridine rings is 1. The number of morpholine rings is 1. The predicted molar refractivity (Wildman–Crippen MR) is 111 cm³/mol. The highest BCUT2D eigenvalue weighted by atomic mass is 16.5. The van der Waals surface area contributed by atoms with Gasteiger partial charge in [0, 0.05) is 51.5 Å². The van der Waals surface area contributed by atoms with E-state index in [0.717, 1.165) is 52.5 Å². The fourth-order valence-electron chi connectivity index (χ4n) is 4.74. The van der Waals surface area contributed by atoms with Crippen molar-refractivity contribution < 1.29 is 4.74 Å². The lowest BCUT2D eigenvalue weighted by atomic mass is 9.91. The van der Waals surface area contributed by atoms with E-state index in [1.807, 2.05) is 12.3 Å². The molecule has 2 saturated heterocycles. The summed E-state index contributed by atoms with van der Waals surface area (Å²) in [6.45, 7) is 17.8. The second-order valence-electron chi connectivity index (χ2n) is 8.97. The van der Waals surface area contributed by atoms with Crippen LogP contribution in [0.25, 0.3) is 0 Å². The van der Waals surface area contributed by atoms with Gasteiger partial charge in [-0.3, -0.25) is 19.7 Å². The Bertz CT molecular complexity index is 545. The number of likely N-dealkylation sites (tertiary alicyclic amines) is 1. The van der Waals surface area contributed by atoms with Crippen LogP contribution in [-0.2, 0) is 11.3 Å². The van der Waals surface area contributed by atoms with E-state index >= 15 is 0 Å². The molecular weight excluding hydrogens is 336 g/mol. The second-order valence-corrected chi connectivity index (χ2v) is 8.97. The SMILES string of the molecule is CCN1CCCC1CN(Cc1ccccn1)CC(C)(C)CN1CCOCC1. The Balaban J connectivity index is 1.64. The topological polar surface area (TPSA) is 31.8 Å². The minimum atomic E-state index is 0.252. The molecule has 0 N–H and O–H groups in total. The minimum Gasteiger partial charge on any atom is -0.379 e. The second kappa shape index (κ2) is 9.97. The van der Waals surface area contributed by atoms with Gasteiger partial charge in [0.2, 0.25) is 0 Å². The van der Waals surface area contributed by atoms with Crippen LogP contribution in [0.1, 0.15) is 39.3 Å². The summed E-state index contributed by atoms with van der Waals surface area (Å²) >= 11 is 0. The Labute approximate surface area is 165 Å². The van der Waals surface area contributed by atoms with E-state index in [2.05, 4.69) is 52.6 Å². The van der Waals surface area contributed by atoms with E-state index in [1.165, 1.54) is 31.6 Å². The van der Waals surface area contributed by atoms with Crippen LogP contribution < -0.4 is 0 Å². The minimum absolute atomic E-state index is 0.252. The Kier molecular flexibility index (Phi) is 7.65. The van der Waals surface area contributed by atoms with Crippen molar-refractivity contribution in [2.45, 2.75) is 46.2 Å². The first kappa shape index (κ1) is 20.7. The molecule has 3 rings (SSSR count). The quantitative estimate of drug-likeness (QED) is 0.663. The number of nitrogens with zero attached hydrogens (tertiary/aromatic N) is 4. The smallest absolute Gasteiger partial charge is 0.0594 e. The highest BCUT2D eigenvalue weighted by molar-refractivity contribution is 5.03. The zero-order valence-corrected chi connectivity index (χ0v) is 17.6. The number of ether oxygens (including phenoxy) is 1. The van der Waals surface area contributed by atoms with Gasteiger partial charge in [-0.1, -0.05) is 26.8 Å². The van der Waals surface area contributed by atoms with Gasteiger partial charge in [0.15, 0.2) is 0 Å². The van der Waals surface area contributed by atoms with Gasteiger partial charge in [0.05, 0.1) is 18.9 Å². The molecule has 0 saturated carbocycles. The van der Waals surface area contributed by atoms with Crippen LogP contribution >= 0.6 is 0 Å². The third-order valence-electron chi connectivity index (χ3n) is 5.89. The van der Waals surface area contributed by atoms with E-state index in [-0.39, 0.29) is 5.41 Å². The standard InChI is InChI=1S/C22H38N4O/c1-4-26-11-7-9-21(26)17-25(16-20-8-5-6-10-23-20)19-22(2,3)18-24-12-14-27-15-13-24/h5-6,8,10,21H,4,7,9,11-19H2,1-3H3. The molecular formula is C22H38N4O. The van der Waals surface area contributed by atoms with Gasteiger partial charge >= 0.3 is 0 Å². The summed E-state index contributed by atoms with van der Waals surface area (Å²) in [5, 5.41) is 0. The third kappa shape index (κ3) is 6.53. The van der Waals surface area contributed by atoms with Gasteiger partial charge in [0.25, 0.3) is 0 Å².